The first-order valence-electron chi connectivity index (χ1n) is 6.12. The van der Waals surface area contributed by atoms with Crippen molar-refractivity contribution in [3.05, 3.63) is 36.4 Å². The van der Waals surface area contributed by atoms with E-state index in [1.807, 2.05) is 24.3 Å². The van der Waals surface area contributed by atoms with Crippen LogP contribution in [0.1, 0.15) is 5.89 Å². The van der Waals surface area contributed by atoms with Crippen LogP contribution >= 0.6 is 0 Å². The molecule has 2 rings (SSSR count). The van der Waals surface area contributed by atoms with E-state index in [-0.39, 0.29) is 0 Å². The van der Waals surface area contributed by atoms with Crippen LogP contribution in [0.25, 0.3) is 11.3 Å². The van der Waals surface area contributed by atoms with E-state index >= 15 is 0 Å². The van der Waals surface area contributed by atoms with Crippen LogP contribution in [0.5, 0.6) is 5.75 Å². The number of methoxy groups -OCH3 is 2. The van der Waals surface area contributed by atoms with Crippen molar-refractivity contribution in [3.63, 3.8) is 0 Å². The average molecular weight is 262 g/mol. The molecule has 0 saturated carbocycles. The second-order valence-electron chi connectivity index (χ2n) is 4.02. The third-order valence-corrected chi connectivity index (χ3v) is 2.67. The molecule has 1 aromatic heterocycles. The summed E-state index contributed by atoms with van der Waals surface area (Å²) in [4.78, 5) is 4.23. The Bertz CT molecular complexity index is 511. The van der Waals surface area contributed by atoms with Crippen LogP contribution in [0.2, 0.25) is 0 Å². The zero-order valence-electron chi connectivity index (χ0n) is 11.2. The minimum atomic E-state index is 0.591. The lowest BCUT2D eigenvalue weighted by Crippen LogP contribution is -2.18. The Morgan fingerprint density at radius 1 is 1.32 bits per heavy atom. The molecule has 0 amide bonds. The van der Waals surface area contributed by atoms with Gasteiger partial charge in [0.1, 0.15) is 5.75 Å². The van der Waals surface area contributed by atoms with Crippen LogP contribution in [0.4, 0.5) is 0 Å². The first-order chi connectivity index (χ1) is 9.33. The Labute approximate surface area is 112 Å². The maximum atomic E-state index is 5.68. The Kier molecular flexibility index (Phi) is 4.94. The molecular weight excluding hydrogens is 244 g/mol. The molecule has 0 unspecified atom stereocenters. The van der Waals surface area contributed by atoms with E-state index in [1.54, 1.807) is 20.4 Å². The minimum Gasteiger partial charge on any atom is -0.497 e. The summed E-state index contributed by atoms with van der Waals surface area (Å²) in [5, 5.41) is 3.18. The molecule has 5 nitrogen and oxygen atoms in total. The van der Waals surface area contributed by atoms with Gasteiger partial charge in [0, 0.05) is 19.2 Å². The standard InChI is InChI=1S/C14H18N2O3/c1-17-7-6-15-10-14-16-9-13(19-14)11-4-3-5-12(8-11)18-2/h3-5,8-9,15H,6-7,10H2,1-2H3. The molecule has 0 saturated heterocycles. The van der Waals surface area contributed by atoms with Crippen molar-refractivity contribution < 1.29 is 13.9 Å². The molecule has 0 bridgehead atoms. The summed E-state index contributed by atoms with van der Waals surface area (Å²) in [6.07, 6.45) is 1.72. The van der Waals surface area contributed by atoms with Gasteiger partial charge in [-0.2, -0.15) is 0 Å². The Morgan fingerprint density at radius 2 is 2.21 bits per heavy atom. The molecule has 0 spiro atoms. The molecule has 0 atom stereocenters. The Balaban J connectivity index is 1.99. The third-order valence-electron chi connectivity index (χ3n) is 2.67. The van der Waals surface area contributed by atoms with Crippen molar-refractivity contribution in [2.75, 3.05) is 27.4 Å². The van der Waals surface area contributed by atoms with Crippen LogP contribution < -0.4 is 10.1 Å². The maximum Gasteiger partial charge on any atom is 0.208 e. The summed E-state index contributed by atoms with van der Waals surface area (Å²) in [6, 6.07) is 7.70. The van der Waals surface area contributed by atoms with Gasteiger partial charge >= 0.3 is 0 Å². The highest BCUT2D eigenvalue weighted by atomic mass is 16.5. The lowest BCUT2D eigenvalue weighted by atomic mass is 10.2. The predicted octanol–water partition coefficient (Wildman–Crippen LogP) is 2.09. The Hall–Kier alpha value is -1.85. The molecule has 0 radical (unpaired) electrons. The van der Waals surface area contributed by atoms with Gasteiger partial charge in [0.05, 0.1) is 26.5 Å². The zero-order valence-corrected chi connectivity index (χ0v) is 11.2. The SMILES string of the molecule is COCCNCc1ncc(-c2cccc(OC)c2)o1. The molecule has 0 aliphatic heterocycles. The summed E-state index contributed by atoms with van der Waals surface area (Å²) in [5.41, 5.74) is 0.954. The highest BCUT2D eigenvalue weighted by Gasteiger charge is 2.06. The predicted molar refractivity (Wildman–Crippen MR) is 72.1 cm³/mol. The summed E-state index contributed by atoms with van der Waals surface area (Å²) in [7, 11) is 3.32. The quantitative estimate of drug-likeness (QED) is 0.774. The largest absolute Gasteiger partial charge is 0.497 e. The van der Waals surface area contributed by atoms with Gasteiger partial charge in [-0.25, -0.2) is 4.98 Å². The summed E-state index contributed by atoms with van der Waals surface area (Å²) in [5.74, 6) is 2.20. The average Bonchev–Trinajstić information content (AvgIpc) is 2.92. The third kappa shape index (κ3) is 3.81. The lowest BCUT2D eigenvalue weighted by Gasteiger charge is -2.02. The number of oxazole rings is 1. The van der Waals surface area contributed by atoms with Gasteiger partial charge < -0.3 is 19.2 Å². The van der Waals surface area contributed by atoms with Gasteiger partial charge in [0.15, 0.2) is 5.76 Å². The van der Waals surface area contributed by atoms with Crippen LogP contribution in [0.3, 0.4) is 0 Å². The van der Waals surface area contributed by atoms with Gasteiger partial charge in [0.2, 0.25) is 5.89 Å². The van der Waals surface area contributed by atoms with E-state index in [9.17, 15) is 0 Å². The van der Waals surface area contributed by atoms with Gasteiger partial charge in [-0.1, -0.05) is 12.1 Å². The summed E-state index contributed by atoms with van der Waals surface area (Å²) >= 11 is 0. The number of hydrogen-bond donors (Lipinski definition) is 1. The first-order valence-corrected chi connectivity index (χ1v) is 6.12. The van der Waals surface area contributed by atoms with Gasteiger partial charge in [0.25, 0.3) is 0 Å². The fourth-order valence-electron chi connectivity index (χ4n) is 1.67. The van der Waals surface area contributed by atoms with Crippen LogP contribution in [-0.4, -0.2) is 32.4 Å². The van der Waals surface area contributed by atoms with E-state index in [4.69, 9.17) is 13.9 Å². The van der Waals surface area contributed by atoms with E-state index in [0.717, 1.165) is 23.6 Å². The monoisotopic (exact) mass is 262 g/mol. The Morgan fingerprint density at radius 3 is 3.00 bits per heavy atom. The summed E-state index contributed by atoms with van der Waals surface area (Å²) < 4.78 is 15.8. The molecule has 19 heavy (non-hydrogen) atoms. The second-order valence-corrected chi connectivity index (χ2v) is 4.02. The molecular formula is C14H18N2O3. The zero-order chi connectivity index (χ0) is 13.5. The van der Waals surface area contributed by atoms with Crippen molar-refractivity contribution in [1.82, 2.24) is 10.3 Å². The lowest BCUT2D eigenvalue weighted by molar-refractivity contribution is 0.198. The second kappa shape index (κ2) is 6.92. The van der Waals surface area contributed by atoms with Crippen molar-refractivity contribution >= 4 is 0 Å². The van der Waals surface area contributed by atoms with Gasteiger partial charge in [-0.15, -0.1) is 0 Å². The van der Waals surface area contributed by atoms with Gasteiger partial charge in [-0.05, 0) is 12.1 Å². The van der Waals surface area contributed by atoms with Crippen LogP contribution in [0, 0.1) is 0 Å². The fraction of sp³-hybridized carbons (Fsp3) is 0.357. The van der Waals surface area contributed by atoms with Crippen LogP contribution in [0.15, 0.2) is 34.9 Å². The molecule has 1 heterocycles. The van der Waals surface area contributed by atoms with E-state index in [2.05, 4.69) is 10.3 Å². The topological polar surface area (TPSA) is 56.5 Å². The molecule has 0 fully saturated rings. The van der Waals surface area contributed by atoms with E-state index in [1.165, 1.54) is 0 Å². The summed E-state index contributed by atoms with van der Waals surface area (Å²) in [6.45, 7) is 2.03. The fourth-order valence-corrected chi connectivity index (χ4v) is 1.67. The molecule has 0 aliphatic rings. The van der Waals surface area contributed by atoms with Crippen molar-refractivity contribution in [2.24, 2.45) is 0 Å². The normalized spacial score (nSPS) is 10.6. The van der Waals surface area contributed by atoms with Gasteiger partial charge in [-0.3, -0.25) is 0 Å². The molecule has 102 valence electrons. The molecule has 1 aromatic carbocycles. The van der Waals surface area contributed by atoms with E-state index in [0.29, 0.717) is 19.0 Å². The highest BCUT2D eigenvalue weighted by molar-refractivity contribution is 5.58. The van der Waals surface area contributed by atoms with Crippen molar-refractivity contribution in [2.45, 2.75) is 6.54 Å². The molecule has 2 aromatic rings. The van der Waals surface area contributed by atoms with Crippen LogP contribution in [-0.2, 0) is 11.3 Å². The number of aromatic nitrogens is 1. The van der Waals surface area contributed by atoms with Crippen molar-refractivity contribution in [3.8, 4) is 17.1 Å². The smallest absolute Gasteiger partial charge is 0.208 e. The number of nitrogens with zero attached hydrogens (tertiary/aromatic N) is 1. The number of rotatable bonds is 7. The molecule has 1 N–H and O–H groups in total. The van der Waals surface area contributed by atoms with E-state index < -0.39 is 0 Å². The number of ether oxygens (including phenoxy) is 2. The number of benzene rings is 1. The first kappa shape index (κ1) is 13.6. The number of nitrogens with one attached hydrogen (secondary N) is 1. The number of hydrogen-bond acceptors (Lipinski definition) is 5. The molecule has 0 aliphatic carbocycles. The highest BCUT2D eigenvalue weighted by Crippen LogP contribution is 2.24. The molecule has 5 heteroatoms. The minimum absolute atomic E-state index is 0.591. The van der Waals surface area contributed by atoms with Crippen molar-refractivity contribution in [1.29, 1.82) is 0 Å². The maximum absolute atomic E-state index is 5.68.